The van der Waals surface area contributed by atoms with E-state index in [0.717, 1.165) is 34.5 Å². The molecule has 0 spiro atoms. The van der Waals surface area contributed by atoms with Crippen molar-refractivity contribution < 1.29 is 22.6 Å². The molecule has 4 rings (SSSR count). The van der Waals surface area contributed by atoms with Crippen LogP contribution in [0.5, 0.6) is 17.2 Å². The van der Waals surface area contributed by atoms with Gasteiger partial charge in [-0.05, 0) is 86.6 Å². The van der Waals surface area contributed by atoms with E-state index in [0.29, 0.717) is 11.4 Å². The maximum Gasteiger partial charge on any atom is 0.416 e. The first-order valence-electron chi connectivity index (χ1n) is 9.92. The lowest BCUT2D eigenvalue weighted by atomic mass is 10.2. The first kappa shape index (κ1) is 21.3. The molecule has 0 N–H and O–H groups in total. The van der Waals surface area contributed by atoms with Gasteiger partial charge >= 0.3 is 6.18 Å². The van der Waals surface area contributed by atoms with Crippen molar-refractivity contribution in [2.45, 2.75) is 26.1 Å². The molecule has 0 aliphatic heterocycles. The highest BCUT2D eigenvalue weighted by molar-refractivity contribution is 5.85. The number of benzene rings is 3. The zero-order valence-corrected chi connectivity index (χ0v) is 17.4. The summed E-state index contributed by atoms with van der Waals surface area (Å²) in [5.41, 5.74) is 1.33. The van der Waals surface area contributed by atoms with Crippen molar-refractivity contribution in [3.63, 3.8) is 0 Å². The number of ether oxygens (including phenoxy) is 2. The predicted molar refractivity (Wildman–Crippen MR) is 115 cm³/mol. The van der Waals surface area contributed by atoms with Gasteiger partial charge < -0.3 is 14.0 Å². The highest BCUT2D eigenvalue weighted by atomic mass is 19.4. The van der Waals surface area contributed by atoms with E-state index < -0.39 is 11.7 Å². The molecule has 32 heavy (non-hydrogen) atoms. The lowest BCUT2D eigenvalue weighted by Gasteiger charge is -2.12. The molecule has 1 heterocycles. The minimum atomic E-state index is -4.40. The van der Waals surface area contributed by atoms with Gasteiger partial charge in [0.1, 0.15) is 29.0 Å². The summed E-state index contributed by atoms with van der Waals surface area (Å²) < 4.78 is 51.4. The highest BCUT2D eigenvalue weighted by Gasteiger charge is 2.30. The number of hydrogen-bond donors (Lipinski definition) is 0. The molecule has 0 bridgehead atoms. The Hall–Kier alpha value is -3.92. The van der Waals surface area contributed by atoms with Crippen molar-refractivity contribution in [3.05, 3.63) is 84.1 Å². The second kappa shape index (κ2) is 8.31. The SMILES string of the molecule is CC(C)Oc1ccc(-n2c(C#N)cc3cc(Oc4ccc(C(F)(F)F)cc4)ccc32)cc1. The Labute approximate surface area is 183 Å². The van der Waals surface area contributed by atoms with Crippen LogP contribution in [0.3, 0.4) is 0 Å². The van der Waals surface area contributed by atoms with Crippen molar-refractivity contribution in [1.29, 1.82) is 5.26 Å². The predicted octanol–water partition coefficient (Wildman–Crippen LogP) is 7.10. The molecule has 0 atom stereocenters. The third-order valence-corrected chi connectivity index (χ3v) is 4.77. The Morgan fingerprint density at radius 2 is 1.47 bits per heavy atom. The minimum Gasteiger partial charge on any atom is -0.491 e. The first-order chi connectivity index (χ1) is 15.2. The molecular formula is C25H19F3N2O2. The molecule has 0 radical (unpaired) electrons. The van der Waals surface area contributed by atoms with Crippen molar-refractivity contribution in [2.24, 2.45) is 0 Å². The van der Waals surface area contributed by atoms with Crippen molar-refractivity contribution in [3.8, 4) is 29.0 Å². The third-order valence-electron chi connectivity index (χ3n) is 4.77. The van der Waals surface area contributed by atoms with Gasteiger partial charge in [0.15, 0.2) is 0 Å². The zero-order valence-electron chi connectivity index (χ0n) is 17.4. The Balaban J connectivity index is 1.64. The van der Waals surface area contributed by atoms with Crippen LogP contribution in [0.15, 0.2) is 72.8 Å². The van der Waals surface area contributed by atoms with Crippen LogP contribution in [0.4, 0.5) is 13.2 Å². The van der Waals surface area contributed by atoms with Gasteiger partial charge in [-0.25, -0.2) is 0 Å². The van der Waals surface area contributed by atoms with E-state index in [4.69, 9.17) is 9.47 Å². The fourth-order valence-electron chi connectivity index (χ4n) is 3.41. The molecule has 4 nitrogen and oxygen atoms in total. The van der Waals surface area contributed by atoms with Gasteiger partial charge in [-0.2, -0.15) is 18.4 Å². The lowest BCUT2D eigenvalue weighted by Crippen LogP contribution is -2.05. The second-order valence-electron chi connectivity index (χ2n) is 7.48. The van der Waals surface area contributed by atoms with Crippen LogP contribution < -0.4 is 9.47 Å². The van der Waals surface area contributed by atoms with Gasteiger partial charge in [0.2, 0.25) is 0 Å². The largest absolute Gasteiger partial charge is 0.491 e. The average Bonchev–Trinajstić information content (AvgIpc) is 3.11. The number of halogens is 3. The quantitative estimate of drug-likeness (QED) is 0.335. The van der Waals surface area contributed by atoms with Gasteiger partial charge in [0.05, 0.1) is 17.2 Å². The fourth-order valence-corrected chi connectivity index (χ4v) is 3.41. The summed E-state index contributed by atoms with van der Waals surface area (Å²) in [4.78, 5) is 0. The average molecular weight is 436 g/mol. The Kier molecular flexibility index (Phi) is 5.54. The number of nitrogens with zero attached hydrogens (tertiary/aromatic N) is 2. The van der Waals surface area contributed by atoms with E-state index >= 15 is 0 Å². The van der Waals surface area contributed by atoms with E-state index in [2.05, 4.69) is 6.07 Å². The topological polar surface area (TPSA) is 47.2 Å². The van der Waals surface area contributed by atoms with E-state index in [1.54, 1.807) is 18.2 Å². The molecule has 0 saturated carbocycles. The molecule has 4 aromatic rings. The fraction of sp³-hybridized carbons (Fsp3) is 0.160. The van der Waals surface area contributed by atoms with Crippen molar-refractivity contribution in [2.75, 3.05) is 0 Å². The van der Waals surface area contributed by atoms with Crippen LogP contribution in [0.1, 0.15) is 25.1 Å². The van der Waals surface area contributed by atoms with Gasteiger partial charge in [-0.3, -0.25) is 0 Å². The lowest BCUT2D eigenvalue weighted by molar-refractivity contribution is -0.137. The molecular weight excluding hydrogens is 417 g/mol. The maximum atomic E-state index is 12.7. The molecule has 0 amide bonds. The summed E-state index contributed by atoms with van der Waals surface area (Å²) in [6.07, 6.45) is -4.33. The molecule has 1 aromatic heterocycles. The Bertz CT molecular complexity index is 1280. The number of hydrogen-bond acceptors (Lipinski definition) is 3. The highest BCUT2D eigenvalue weighted by Crippen LogP contribution is 2.33. The number of alkyl halides is 3. The normalized spacial score (nSPS) is 11.5. The molecule has 7 heteroatoms. The Morgan fingerprint density at radius 1 is 0.844 bits per heavy atom. The number of nitriles is 1. The molecule has 162 valence electrons. The first-order valence-corrected chi connectivity index (χ1v) is 9.92. The van der Waals surface area contributed by atoms with Gasteiger partial charge in [0.25, 0.3) is 0 Å². The Morgan fingerprint density at radius 3 is 2.06 bits per heavy atom. The van der Waals surface area contributed by atoms with Crippen molar-refractivity contribution in [1.82, 2.24) is 4.57 Å². The van der Waals surface area contributed by atoms with Gasteiger partial charge in [-0.15, -0.1) is 0 Å². The van der Waals surface area contributed by atoms with Crippen LogP contribution in [-0.4, -0.2) is 10.7 Å². The standard InChI is InChI=1S/C25H19F3N2O2/c1-16(2)31-21-9-5-19(6-10-21)30-20(15-29)13-17-14-23(11-12-24(17)30)32-22-7-3-18(4-8-22)25(26,27)28/h3-14,16H,1-2H3. The van der Waals surface area contributed by atoms with E-state index in [1.807, 2.05) is 48.7 Å². The van der Waals surface area contributed by atoms with Crippen molar-refractivity contribution >= 4 is 10.9 Å². The van der Waals surface area contributed by atoms with Gasteiger partial charge in [0, 0.05) is 11.1 Å². The molecule has 0 unspecified atom stereocenters. The van der Waals surface area contributed by atoms with E-state index in [1.165, 1.54) is 12.1 Å². The summed E-state index contributed by atoms with van der Waals surface area (Å²) >= 11 is 0. The van der Waals surface area contributed by atoms with Crippen LogP contribution in [0, 0.1) is 11.3 Å². The van der Waals surface area contributed by atoms with Gasteiger partial charge in [-0.1, -0.05) is 0 Å². The monoisotopic (exact) mass is 436 g/mol. The molecule has 3 aromatic carbocycles. The summed E-state index contributed by atoms with van der Waals surface area (Å²) in [5, 5.41) is 10.4. The minimum absolute atomic E-state index is 0.0611. The second-order valence-corrected chi connectivity index (χ2v) is 7.48. The van der Waals surface area contributed by atoms with Crippen LogP contribution in [-0.2, 0) is 6.18 Å². The molecule has 0 fully saturated rings. The number of rotatable bonds is 5. The van der Waals surface area contributed by atoms with Crippen LogP contribution >= 0.6 is 0 Å². The summed E-state index contributed by atoms with van der Waals surface area (Å²) in [6, 6.07) is 21.2. The van der Waals surface area contributed by atoms with Crippen LogP contribution in [0.25, 0.3) is 16.6 Å². The molecule has 0 aliphatic carbocycles. The number of fused-ring (bicyclic) bond motifs is 1. The molecule has 0 saturated heterocycles. The smallest absolute Gasteiger partial charge is 0.416 e. The summed E-state index contributed by atoms with van der Waals surface area (Å²) in [6.45, 7) is 3.90. The van der Waals surface area contributed by atoms with Crippen LogP contribution in [0.2, 0.25) is 0 Å². The molecule has 0 aliphatic rings. The summed E-state index contributed by atoms with van der Waals surface area (Å²) in [7, 11) is 0. The summed E-state index contributed by atoms with van der Waals surface area (Å²) in [5.74, 6) is 1.49. The zero-order chi connectivity index (χ0) is 22.9. The van der Waals surface area contributed by atoms with E-state index in [9.17, 15) is 18.4 Å². The number of aromatic nitrogens is 1. The third kappa shape index (κ3) is 4.40. The van der Waals surface area contributed by atoms with E-state index in [-0.39, 0.29) is 11.9 Å². The maximum absolute atomic E-state index is 12.7.